The average molecular weight is 426 g/mol. The number of likely N-dealkylation sites (tertiary alicyclic amines) is 1. The van der Waals surface area contributed by atoms with Crippen molar-refractivity contribution in [2.24, 2.45) is 5.92 Å². The van der Waals surface area contributed by atoms with Crippen LogP contribution in [0.5, 0.6) is 0 Å². The fraction of sp³-hybridized carbons (Fsp3) is 0.364. The van der Waals surface area contributed by atoms with E-state index >= 15 is 0 Å². The molecule has 3 aromatic rings. The summed E-state index contributed by atoms with van der Waals surface area (Å²) in [6, 6.07) is 8.02. The van der Waals surface area contributed by atoms with Gasteiger partial charge in [-0.2, -0.15) is 0 Å². The number of carbonyl (C=O) groups is 2. The van der Waals surface area contributed by atoms with Gasteiger partial charge in [0.05, 0.1) is 17.6 Å². The number of piperidine rings is 1. The first-order valence-corrected chi connectivity index (χ1v) is 10.9. The van der Waals surface area contributed by atoms with Crippen LogP contribution in [0.3, 0.4) is 0 Å². The molecule has 1 aliphatic heterocycles. The maximum absolute atomic E-state index is 13.1. The van der Waals surface area contributed by atoms with Gasteiger partial charge >= 0.3 is 5.97 Å². The number of aromatic nitrogens is 2. The summed E-state index contributed by atoms with van der Waals surface area (Å²) >= 11 is 1.44. The predicted molar refractivity (Wildman–Crippen MR) is 116 cm³/mol. The van der Waals surface area contributed by atoms with Gasteiger partial charge < -0.3 is 10.0 Å². The van der Waals surface area contributed by atoms with Gasteiger partial charge in [-0.25, -0.2) is 4.98 Å². The van der Waals surface area contributed by atoms with Crippen LogP contribution in [0.15, 0.2) is 40.8 Å². The topological polar surface area (TPSA) is 92.5 Å². The second-order valence-electron chi connectivity index (χ2n) is 7.68. The van der Waals surface area contributed by atoms with E-state index in [1.165, 1.54) is 22.2 Å². The number of thiophene rings is 1. The number of carboxylic acid groups (broad SMARTS) is 1. The summed E-state index contributed by atoms with van der Waals surface area (Å²) in [7, 11) is 0. The van der Waals surface area contributed by atoms with Crippen LogP contribution in [-0.2, 0) is 16.1 Å². The van der Waals surface area contributed by atoms with Crippen molar-refractivity contribution >= 4 is 33.4 Å². The summed E-state index contributed by atoms with van der Waals surface area (Å²) in [5.41, 5.74) is 2.85. The molecule has 2 aromatic heterocycles. The van der Waals surface area contributed by atoms with Crippen molar-refractivity contribution in [1.29, 1.82) is 0 Å². The molecule has 0 unspecified atom stereocenters. The standard InChI is InChI=1S/C22H23N3O4S/c1-14-2-4-15(5-3-14)17-12-30-20-19(17)21(27)25(13-23-20)11-8-18(26)24-9-6-16(7-10-24)22(28)29/h2-5,12-13,16H,6-11H2,1H3,(H,28,29). The molecule has 1 aromatic carbocycles. The number of benzene rings is 1. The molecule has 0 saturated carbocycles. The van der Waals surface area contributed by atoms with Crippen LogP contribution in [0.4, 0.5) is 0 Å². The van der Waals surface area contributed by atoms with Crippen LogP contribution in [0.2, 0.25) is 0 Å². The Morgan fingerprint density at radius 2 is 1.90 bits per heavy atom. The predicted octanol–water partition coefficient (Wildman–Crippen LogP) is 3.15. The number of nitrogens with zero attached hydrogens (tertiary/aromatic N) is 3. The lowest BCUT2D eigenvalue weighted by Crippen LogP contribution is -2.40. The molecule has 7 nitrogen and oxygen atoms in total. The molecule has 1 aliphatic rings. The summed E-state index contributed by atoms with van der Waals surface area (Å²) in [5, 5.41) is 11.6. The number of carbonyl (C=O) groups excluding carboxylic acids is 1. The number of amides is 1. The summed E-state index contributed by atoms with van der Waals surface area (Å²) in [6.45, 7) is 3.17. The minimum Gasteiger partial charge on any atom is -0.481 e. The number of aryl methyl sites for hydroxylation is 2. The smallest absolute Gasteiger partial charge is 0.306 e. The van der Waals surface area contributed by atoms with Gasteiger partial charge in [-0.3, -0.25) is 19.0 Å². The van der Waals surface area contributed by atoms with Crippen LogP contribution in [-0.4, -0.2) is 44.5 Å². The Morgan fingerprint density at radius 1 is 1.20 bits per heavy atom. The van der Waals surface area contributed by atoms with Crippen LogP contribution in [0.1, 0.15) is 24.8 Å². The second-order valence-corrected chi connectivity index (χ2v) is 8.54. The van der Waals surface area contributed by atoms with Crippen molar-refractivity contribution < 1.29 is 14.7 Å². The lowest BCUT2D eigenvalue weighted by atomic mass is 9.97. The van der Waals surface area contributed by atoms with E-state index in [0.29, 0.717) is 36.1 Å². The molecule has 156 valence electrons. The Hall–Kier alpha value is -3.00. The molecule has 30 heavy (non-hydrogen) atoms. The molecule has 0 spiro atoms. The summed E-state index contributed by atoms with van der Waals surface area (Å²) < 4.78 is 1.49. The van der Waals surface area contributed by atoms with Crippen LogP contribution < -0.4 is 5.56 Å². The molecule has 0 aliphatic carbocycles. The molecule has 1 N–H and O–H groups in total. The minimum atomic E-state index is -0.798. The quantitative estimate of drug-likeness (QED) is 0.678. The molecular formula is C22H23N3O4S. The number of carboxylic acids is 1. The largest absolute Gasteiger partial charge is 0.481 e. The number of hydrogen-bond acceptors (Lipinski definition) is 5. The highest BCUT2D eigenvalue weighted by molar-refractivity contribution is 7.17. The number of fused-ring (bicyclic) bond motifs is 1. The van der Waals surface area contributed by atoms with Gasteiger partial charge in [0.1, 0.15) is 4.83 Å². The van der Waals surface area contributed by atoms with Crippen molar-refractivity contribution in [1.82, 2.24) is 14.5 Å². The Morgan fingerprint density at radius 3 is 2.57 bits per heavy atom. The van der Waals surface area contributed by atoms with Gasteiger partial charge in [0.15, 0.2) is 0 Å². The van der Waals surface area contributed by atoms with E-state index in [1.54, 1.807) is 4.90 Å². The minimum absolute atomic E-state index is 0.0603. The van der Waals surface area contributed by atoms with Crippen LogP contribution in [0, 0.1) is 12.8 Å². The lowest BCUT2D eigenvalue weighted by molar-refractivity contribution is -0.145. The van der Waals surface area contributed by atoms with Crippen molar-refractivity contribution in [3.8, 4) is 11.1 Å². The molecule has 1 saturated heterocycles. The molecule has 0 bridgehead atoms. The van der Waals surface area contributed by atoms with E-state index < -0.39 is 5.97 Å². The molecule has 0 radical (unpaired) electrons. The molecule has 1 fully saturated rings. The van der Waals surface area contributed by atoms with E-state index in [9.17, 15) is 14.4 Å². The Kier molecular flexibility index (Phi) is 5.67. The SMILES string of the molecule is Cc1ccc(-c2csc3ncn(CCC(=O)N4CCC(C(=O)O)CC4)c(=O)c23)cc1. The molecule has 8 heteroatoms. The van der Waals surface area contributed by atoms with Crippen molar-refractivity contribution in [3.05, 3.63) is 51.9 Å². The zero-order valence-electron chi connectivity index (χ0n) is 16.7. The molecule has 0 atom stereocenters. The van der Waals surface area contributed by atoms with Crippen LogP contribution in [0.25, 0.3) is 21.3 Å². The number of hydrogen-bond donors (Lipinski definition) is 1. The number of aliphatic carboxylic acids is 1. The van der Waals surface area contributed by atoms with Crippen molar-refractivity contribution in [2.45, 2.75) is 32.7 Å². The first-order chi connectivity index (χ1) is 14.4. The van der Waals surface area contributed by atoms with E-state index in [2.05, 4.69) is 4.98 Å². The molecular weight excluding hydrogens is 402 g/mol. The van der Waals surface area contributed by atoms with Gasteiger partial charge in [-0.05, 0) is 25.3 Å². The van der Waals surface area contributed by atoms with Crippen molar-refractivity contribution in [2.75, 3.05) is 13.1 Å². The fourth-order valence-electron chi connectivity index (χ4n) is 3.82. The molecule has 3 heterocycles. The van der Waals surface area contributed by atoms with Gasteiger partial charge in [0.2, 0.25) is 5.91 Å². The highest BCUT2D eigenvalue weighted by Crippen LogP contribution is 2.30. The van der Waals surface area contributed by atoms with Gasteiger partial charge in [0, 0.05) is 37.0 Å². The van der Waals surface area contributed by atoms with Gasteiger partial charge in [-0.15, -0.1) is 11.3 Å². The number of rotatable bonds is 5. The first kappa shape index (κ1) is 20.3. The first-order valence-electron chi connectivity index (χ1n) is 9.98. The third kappa shape index (κ3) is 4.00. The van der Waals surface area contributed by atoms with Crippen LogP contribution >= 0.6 is 11.3 Å². The molecule has 1 amide bonds. The fourth-order valence-corrected chi connectivity index (χ4v) is 4.73. The summed E-state index contributed by atoms with van der Waals surface area (Å²) in [4.78, 5) is 43.5. The van der Waals surface area contributed by atoms with E-state index in [4.69, 9.17) is 5.11 Å². The third-order valence-electron chi connectivity index (χ3n) is 5.69. The molecule has 4 rings (SSSR count). The average Bonchev–Trinajstić information content (AvgIpc) is 3.18. The third-order valence-corrected chi connectivity index (χ3v) is 6.57. The zero-order valence-corrected chi connectivity index (χ0v) is 17.5. The van der Waals surface area contributed by atoms with Gasteiger partial charge in [0.25, 0.3) is 5.56 Å². The van der Waals surface area contributed by atoms with Gasteiger partial charge in [-0.1, -0.05) is 29.8 Å². The Labute approximate surface area is 177 Å². The Balaban J connectivity index is 1.50. The Bertz CT molecular complexity index is 1140. The van der Waals surface area contributed by atoms with Crippen molar-refractivity contribution in [3.63, 3.8) is 0 Å². The highest BCUT2D eigenvalue weighted by atomic mass is 32.1. The second kappa shape index (κ2) is 8.39. The lowest BCUT2D eigenvalue weighted by Gasteiger charge is -2.30. The maximum atomic E-state index is 13.1. The summed E-state index contributed by atoms with van der Waals surface area (Å²) in [5.74, 6) is -1.23. The maximum Gasteiger partial charge on any atom is 0.306 e. The normalized spacial score (nSPS) is 14.9. The summed E-state index contributed by atoms with van der Waals surface area (Å²) in [6.07, 6.45) is 2.64. The monoisotopic (exact) mass is 425 g/mol. The van der Waals surface area contributed by atoms with E-state index in [0.717, 1.165) is 16.7 Å². The highest BCUT2D eigenvalue weighted by Gasteiger charge is 2.26. The van der Waals surface area contributed by atoms with E-state index in [1.807, 2.05) is 36.6 Å². The van der Waals surface area contributed by atoms with E-state index in [-0.39, 0.29) is 30.3 Å². The zero-order chi connectivity index (χ0) is 21.3.